The molecule has 0 radical (unpaired) electrons. The fraction of sp³-hybridized carbons (Fsp3) is 0.118. The van der Waals surface area contributed by atoms with Gasteiger partial charge >= 0.3 is 0 Å². The number of benzene rings is 5. The highest BCUT2D eigenvalue weighted by Crippen LogP contribution is 2.33. The molecule has 0 aromatic heterocycles. The van der Waals surface area contributed by atoms with Crippen molar-refractivity contribution in [1.29, 1.82) is 0 Å². The molecule has 2 amide bonds. The van der Waals surface area contributed by atoms with Crippen molar-refractivity contribution in [3.05, 3.63) is 132 Å². The largest absolute Gasteiger partial charge is 0.366 e. The highest BCUT2D eigenvalue weighted by molar-refractivity contribution is 6.14. The Balaban J connectivity index is 1.29. The first kappa shape index (κ1) is 24.4. The van der Waals surface area contributed by atoms with Gasteiger partial charge in [-0.2, -0.15) is 0 Å². The highest BCUT2D eigenvalue weighted by atomic mass is 16.2. The maximum absolute atomic E-state index is 13.6. The normalized spacial score (nSPS) is 13.3. The number of nitrogens with zero attached hydrogens (tertiary/aromatic N) is 2. The summed E-state index contributed by atoms with van der Waals surface area (Å²) in [6.45, 7) is 2.59. The molecule has 192 valence electrons. The van der Waals surface area contributed by atoms with Gasteiger partial charge in [0.1, 0.15) is 0 Å². The summed E-state index contributed by atoms with van der Waals surface area (Å²) in [5, 5.41) is 5.18. The standard InChI is InChI=1S/C34H29N3O2/c38-33(30-17-9-15-26-12-7-8-16-29(26)30)35-31-24-28(25-10-3-1-4-11-25)18-19-32(31)36-20-22-37(23-21-36)34(39)27-13-5-2-6-14-27/h1-19,24H,20-23H2,(H,35,38). The molecule has 1 aliphatic heterocycles. The second-order valence-electron chi connectivity index (χ2n) is 9.72. The van der Waals surface area contributed by atoms with Gasteiger partial charge in [-0.3, -0.25) is 9.59 Å². The van der Waals surface area contributed by atoms with E-state index in [0.29, 0.717) is 37.3 Å². The van der Waals surface area contributed by atoms with Crippen LogP contribution in [0.5, 0.6) is 0 Å². The number of hydrogen-bond donors (Lipinski definition) is 1. The van der Waals surface area contributed by atoms with Crippen LogP contribution < -0.4 is 10.2 Å². The van der Waals surface area contributed by atoms with Crippen molar-refractivity contribution in [2.45, 2.75) is 0 Å². The van der Waals surface area contributed by atoms with Gasteiger partial charge in [-0.1, -0.05) is 91.0 Å². The third-order valence-corrected chi connectivity index (χ3v) is 7.31. The van der Waals surface area contributed by atoms with Gasteiger partial charge in [-0.15, -0.1) is 0 Å². The van der Waals surface area contributed by atoms with E-state index in [0.717, 1.165) is 33.3 Å². The third kappa shape index (κ3) is 5.12. The number of anilines is 2. The molecule has 1 aliphatic rings. The molecule has 0 saturated carbocycles. The Morgan fingerprint density at radius 3 is 2.05 bits per heavy atom. The van der Waals surface area contributed by atoms with Crippen molar-refractivity contribution in [3.63, 3.8) is 0 Å². The molecule has 5 aromatic rings. The number of hydrogen-bond acceptors (Lipinski definition) is 3. The topological polar surface area (TPSA) is 52.7 Å². The Hall–Kier alpha value is -4.90. The van der Waals surface area contributed by atoms with E-state index in [9.17, 15) is 9.59 Å². The number of carbonyl (C=O) groups excluding carboxylic acids is 2. The van der Waals surface area contributed by atoms with E-state index < -0.39 is 0 Å². The Bertz CT molecular complexity index is 1620. The zero-order chi connectivity index (χ0) is 26.6. The Morgan fingerprint density at radius 1 is 0.615 bits per heavy atom. The van der Waals surface area contributed by atoms with Crippen molar-refractivity contribution in [2.75, 3.05) is 36.4 Å². The van der Waals surface area contributed by atoms with E-state index >= 15 is 0 Å². The molecule has 39 heavy (non-hydrogen) atoms. The zero-order valence-electron chi connectivity index (χ0n) is 21.6. The lowest BCUT2D eigenvalue weighted by molar-refractivity contribution is 0.0746. The lowest BCUT2D eigenvalue weighted by atomic mass is 10.0. The van der Waals surface area contributed by atoms with E-state index in [2.05, 4.69) is 40.5 Å². The molecule has 5 nitrogen and oxygen atoms in total. The van der Waals surface area contributed by atoms with E-state index in [4.69, 9.17) is 0 Å². The molecule has 1 heterocycles. The van der Waals surface area contributed by atoms with Gasteiger partial charge in [0.15, 0.2) is 0 Å². The quantitative estimate of drug-likeness (QED) is 0.285. The van der Waals surface area contributed by atoms with Gasteiger partial charge in [-0.25, -0.2) is 0 Å². The molecule has 5 aromatic carbocycles. The summed E-state index contributed by atoms with van der Waals surface area (Å²) in [5.41, 5.74) is 5.18. The van der Waals surface area contributed by atoms with Gasteiger partial charge < -0.3 is 15.1 Å². The first-order valence-corrected chi connectivity index (χ1v) is 13.3. The first-order valence-electron chi connectivity index (χ1n) is 13.3. The van der Waals surface area contributed by atoms with E-state index in [1.54, 1.807) is 0 Å². The van der Waals surface area contributed by atoms with Crippen molar-refractivity contribution in [2.24, 2.45) is 0 Å². The lowest BCUT2D eigenvalue weighted by Gasteiger charge is -2.37. The van der Waals surface area contributed by atoms with E-state index in [-0.39, 0.29) is 11.8 Å². The molecular weight excluding hydrogens is 482 g/mol. The number of amides is 2. The maximum atomic E-state index is 13.6. The van der Waals surface area contributed by atoms with Crippen LogP contribution in [0.25, 0.3) is 21.9 Å². The van der Waals surface area contributed by atoms with Crippen LogP contribution in [0, 0.1) is 0 Å². The second kappa shape index (κ2) is 10.8. The average Bonchev–Trinajstić information content (AvgIpc) is 3.01. The minimum Gasteiger partial charge on any atom is -0.366 e. The summed E-state index contributed by atoms with van der Waals surface area (Å²) in [5.74, 6) is -0.0877. The van der Waals surface area contributed by atoms with Crippen LogP contribution in [0.3, 0.4) is 0 Å². The molecular formula is C34H29N3O2. The van der Waals surface area contributed by atoms with Crippen molar-refractivity contribution >= 4 is 34.0 Å². The Labute approximate surface area is 228 Å². The molecule has 0 bridgehead atoms. The smallest absolute Gasteiger partial charge is 0.256 e. The van der Waals surface area contributed by atoms with Crippen LogP contribution in [0.4, 0.5) is 11.4 Å². The van der Waals surface area contributed by atoms with Crippen LogP contribution >= 0.6 is 0 Å². The number of fused-ring (bicyclic) bond motifs is 1. The van der Waals surface area contributed by atoms with Crippen LogP contribution in [0.2, 0.25) is 0 Å². The number of piperazine rings is 1. The summed E-state index contributed by atoms with van der Waals surface area (Å²) < 4.78 is 0. The zero-order valence-corrected chi connectivity index (χ0v) is 21.6. The fourth-order valence-corrected chi connectivity index (χ4v) is 5.25. The Kier molecular flexibility index (Phi) is 6.79. The molecule has 1 saturated heterocycles. The predicted octanol–water partition coefficient (Wildman–Crippen LogP) is 6.72. The van der Waals surface area contributed by atoms with Crippen LogP contribution in [-0.2, 0) is 0 Å². The van der Waals surface area contributed by atoms with Crippen LogP contribution in [0.15, 0.2) is 121 Å². The summed E-state index contributed by atoms with van der Waals surface area (Å²) in [7, 11) is 0. The molecule has 5 heteroatoms. The monoisotopic (exact) mass is 511 g/mol. The second-order valence-corrected chi connectivity index (χ2v) is 9.72. The summed E-state index contributed by atoms with van der Waals surface area (Å²) in [4.78, 5) is 30.8. The van der Waals surface area contributed by atoms with Gasteiger partial charge in [-0.05, 0) is 52.2 Å². The van der Waals surface area contributed by atoms with Gasteiger partial charge in [0.2, 0.25) is 0 Å². The van der Waals surface area contributed by atoms with Gasteiger partial charge in [0.25, 0.3) is 11.8 Å². The molecule has 0 atom stereocenters. The minimum absolute atomic E-state index is 0.0548. The Morgan fingerprint density at radius 2 is 1.28 bits per heavy atom. The number of rotatable bonds is 5. The van der Waals surface area contributed by atoms with E-state index in [1.807, 2.05) is 95.9 Å². The van der Waals surface area contributed by atoms with Crippen molar-refractivity contribution in [1.82, 2.24) is 4.90 Å². The minimum atomic E-state index is -0.142. The van der Waals surface area contributed by atoms with Crippen molar-refractivity contribution in [3.8, 4) is 11.1 Å². The molecule has 6 rings (SSSR count). The maximum Gasteiger partial charge on any atom is 0.256 e. The van der Waals surface area contributed by atoms with Crippen LogP contribution in [-0.4, -0.2) is 42.9 Å². The van der Waals surface area contributed by atoms with Gasteiger partial charge in [0.05, 0.1) is 11.4 Å². The average molecular weight is 512 g/mol. The van der Waals surface area contributed by atoms with Crippen molar-refractivity contribution < 1.29 is 9.59 Å². The molecule has 1 fully saturated rings. The highest BCUT2D eigenvalue weighted by Gasteiger charge is 2.24. The molecule has 0 aliphatic carbocycles. The third-order valence-electron chi connectivity index (χ3n) is 7.31. The molecule has 0 spiro atoms. The molecule has 1 N–H and O–H groups in total. The fourth-order valence-electron chi connectivity index (χ4n) is 5.25. The lowest BCUT2D eigenvalue weighted by Crippen LogP contribution is -2.49. The van der Waals surface area contributed by atoms with E-state index in [1.165, 1.54) is 0 Å². The predicted molar refractivity (Wildman–Crippen MR) is 158 cm³/mol. The number of nitrogens with one attached hydrogen (secondary N) is 1. The first-order chi connectivity index (χ1) is 19.2. The summed E-state index contributed by atoms with van der Waals surface area (Å²) in [6, 6.07) is 39.5. The van der Waals surface area contributed by atoms with Gasteiger partial charge in [0, 0.05) is 37.3 Å². The summed E-state index contributed by atoms with van der Waals surface area (Å²) in [6.07, 6.45) is 0. The van der Waals surface area contributed by atoms with Crippen LogP contribution in [0.1, 0.15) is 20.7 Å². The molecule has 0 unspecified atom stereocenters. The number of carbonyl (C=O) groups is 2. The summed E-state index contributed by atoms with van der Waals surface area (Å²) >= 11 is 0. The SMILES string of the molecule is O=C(Nc1cc(-c2ccccc2)ccc1N1CCN(C(=O)c2ccccc2)CC1)c1cccc2ccccc12.